The van der Waals surface area contributed by atoms with E-state index in [0.717, 1.165) is 12.1 Å². The van der Waals surface area contributed by atoms with E-state index in [4.69, 9.17) is 5.73 Å². The summed E-state index contributed by atoms with van der Waals surface area (Å²) in [6, 6.07) is 10.8. The van der Waals surface area contributed by atoms with Crippen LogP contribution >= 0.6 is 0 Å². The molecule has 1 aliphatic heterocycles. The first-order valence-corrected chi connectivity index (χ1v) is 4.85. The Morgan fingerprint density at radius 3 is 2.71 bits per heavy atom. The Morgan fingerprint density at radius 1 is 1.43 bits per heavy atom. The van der Waals surface area contributed by atoms with Crippen LogP contribution in [0.15, 0.2) is 35.4 Å². The Labute approximate surface area is 84.2 Å². The normalized spacial score (nSPS) is 21.1. The van der Waals surface area contributed by atoms with Gasteiger partial charge in [0.25, 0.3) is 0 Å². The Morgan fingerprint density at radius 2 is 2.14 bits per heavy atom. The van der Waals surface area contributed by atoms with Gasteiger partial charge >= 0.3 is 0 Å². The molecule has 0 amide bonds. The molecule has 3 nitrogen and oxygen atoms in total. The maximum absolute atomic E-state index is 5.58. The molecule has 0 bridgehead atoms. The zero-order valence-corrected chi connectivity index (χ0v) is 8.35. The number of hydrogen-bond donors (Lipinski definition) is 1. The summed E-state index contributed by atoms with van der Waals surface area (Å²) in [6.45, 7) is 0.563. The first kappa shape index (κ1) is 9.21. The topological polar surface area (TPSA) is 41.6 Å². The van der Waals surface area contributed by atoms with E-state index in [1.807, 2.05) is 18.1 Å². The van der Waals surface area contributed by atoms with Crippen molar-refractivity contribution in [1.82, 2.24) is 5.01 Å². The number of hydrogen-bond acceptors (Lipinski definition) is 3. The van der Waals surface area contributed by atoms with Crippen LogP contribution in [-0.2, 0) is 0 Å². The van der Waals surface area contributed by atoms with Crippen LogP contribution in [-0.4, -0.2) is 24.3 Å². The van der Waals surface area contributed by atoms with E-state index in [2.05, 4.69) is 29.4 Å². The van der Waals surface area contributed by atoms with Crippen molar-refractivity contribution in [2.75, 3.05) is 13.6 Å². The molecule has 1 atom stereocenters. The highest BCUT2D eigenvalue weighted by molar-refractivity contribution is 5.87. The number of benzene rings is 1. The maximum Gasteiger partial charge on any atom is 0.0769 e. The summed E-state index contributed by atoms with van der Waals surface area (Å²) in [5, 5.41) is 6.39. The van der Waals surface area contributed by atoms with Gasteiger partial charge in [0, 0.05) is 20.0 Å². The fourth-order valence-electron chi connectivity index (χ4n) is 1.82. The lowest BCUT2D eigenvalue weighted by Gasteiger charge is -2.18. The summed E-state index contributed by atoms with van der Waals surface area (Å²) in [7, 11) is 2.00. The largest absolute Gasteiger partial charge is 0.325 e. The molecule has 0 fully saturated rings. The zero-order valence-electron chi connectivity index (χ0n) is 8.35. The van der Waals surface area contributed by atoms with Gasteiger partial charge < -0.3 is 5.73 Å². The van der Waals surface area contributed by atoms with Gasteiger partial charge in [-0.2, -0.15) is 5.10 Å². The van der Waals surface area contributed by atoms with E-state index in [9.17, 15) is 0 Å². The highest BCUT2D eigenvalue weighted by Gasteiger charge is 2.23. The summed E-state index contributed by atoms with van der Waals surface area (Å²) in [5.41, 5.74) is 7.97. The van der Waals surface area contributed by atoms with Crippen LogP contribution in [0.5, 0.6) is 0 Å². The second-order valence-electron chi connectivity index (χ2n) is 3.57. The Bertz CT molecular complexity index is 332. The third kappa shape index (κ3) is 1.63. The lowest BCUT2D eigenvalue weighted by atomic mass is 10.0. The van der Waals surface area contributed by atoms with Crippen LogP contribution in [0.4, 0.5) is 0 Å². The van der Waals surface area contributed by atoms with Crippen molar-refractivity contribution >= 4 is 5.71 Å². The quantitative estimate of drug-likeness (QED) is 0.763. The molecular weight excluding hydrogens is 174 g/mol. The van der Waals surface area contributed by atoms with Gasteiger partial charge in [0.15, 0.2) is 0 Å². The summed E-state index contributed by atoms with van der Waals surface area (Å²) < 4.78 is 0. The van der Waals surface area contributed by atoms with Crippen molar-refractivity contribution < 1.29 is 0 Å². The second-order valence-corrected chi connectivity index (χ2v) is 3.57. The van der Waals surface area contributed by atoms with Crippen LogP contribution in [0.2, 0.25) is 0 Å². The minimum absolute atomic E-state index is 0.370. The highest BCUT2D eigenvalue weighted by Crippen LogP contribution is 2.28. The average molecular weight is 189 g/mol. The van der Waals surface area contributed by atoms with Crippen molar-refractivity contribution in [2.45, 2.75) is 12.5 Å². The summed E-state index contributed by atoms with van der Waals surface area (Å²) in [5.74, 6) is 0. The van der Waals surface area contributed by atoms with Gasteiger partial charge in [-0.15, -0.1) is 0 Å². The Balaban J connectivity index is 2.16. The van der Waals surface area contributed by atoms with Crippen LogP contribution in [0.1, 0.15) is 18.0 Å². The third-order valence-corrected chi connectivity index (χ3v) is 2.60. The fraction of sp³-hybridized carbons (Fsp3) is 0.364. The maximum atomic E-state index is 5.58. The van der Waals surface area contributed by atoms with Crippen LogP contribution in [0, 0.1) is 0 Å². The molecule has 2 N–H and O–H groups in total. The van der Waals surface area contributed by atoms with E-state index >= 15 is 0 Å². The number of rotatable bonds is 2. The summed E-state index contributed by atoms with van der Waals surface area (Å²) >= 11 is 0. The fourth-order valence-corrected chi connectivity index (χ4v) is 1.82. The number of nitrogens with two attached hydrogens (primary N) is 1. The van der Waals surface area contributed by atoms with E-state index < -0.39 is 0 Å². The van der Waals surface area contributed by atoms with Gasteiger partial charge in [0.2, 0.25) is 0 Å². The van der Waals surface area contributed by atoms with Crippen molar-refractivity contribution in [2.24, 2.45) is 10.8 Å². The Hall–Kier alpha value is -1.35. The summed E-state index contributed by atoms with van der Waals surface area (Å²) in [6.07, 6.45) is 0.955. The standard InChI is InChI=1S/C11H15N3/c1-14-11(7-10(8-12)13-14)9-5-3-2-4-6-9/h2-6,11H,7-8,12H2,1H3. The summed E-state index contributed by atoms with van der Waals surface area (Å²) in [4.78, 5) is 0. The molecule has 2 rings (SSSR count). The molecule has 3 heteroatoms. The molecular formula is C11H15N3. The second kappa shape index (κ2) is 3.80. The molecule has 0 radical (unpaired) electrons. The van der Waals surface area contributed by atoms with Crippen molar-refractivity contribution in [3.8, 4) is 0 Å². The van der Waals surface area contributed by atoms with Crippen molar-refractivity contribution in [3.63, 3.8) is 0 Å². The van der Waals surface area contributed by atoms with Gasteiger partial charge in [-0.25, -0.2) is 0 Å². The van der Waals surface area contributed by atoms with Crippen LogP contribution in [0.3, 0.4) is 0 Å². The Kier molecular flexibility index (Phi) is 2.50. The molecule has 0 saturated carbocycles. The lowest BCUT2D eigenvalue weighted by Crippen LogP contribution is -2.14. The molecule has 0 saturated heterocycles. The molecule has 0 aromatic heterocycles. The zero-order chi connectivity index (χ0) is 9.97. The van der Waals surface area contributed by atoms with Gasteiger partial charge in [-0.3, -0.25) is 5.01 Å². The lowest BCUT2D eigenvalue weighted by molar-refractivity contribution is 0.290. The van der Waals surface area contributed by atoms with E-state index in [0.29, 0.717) is 12.6 Å². The third-order valence-electron chi connectivity index (χ3n) is 2.60. The van der Waals surface area contributed by atoms with Crippen LogP contribution in [0.25, 0.3) is 0 Å². The predicted molar refractivity (Wildman–Crippen MR) is 58.1 cm³/mol. The molecule has 14 heavy (non-hydrogen) atoms. The van der Waals surface area contributed by atoms with Gasteiger partial charge in [-0.05, 0) is 5.56 Å². The molecule has 1 aromatic carbocycles. The molecule has 1 unspecified atom stereocenters. The average Bonchev–Trinajstić information content (AvgIpc) is 2.61. The van der Waals surface area contributed by atoms with Gasteiger partial charge in [0.05, 0.1) is 11.8 Å². The minimum atomic E-state index is 0.370. The van der Waals surface area contributed by atoms with E-state index in [1.54, 1.807) is 0 Å². The minimum Gasteiger partial charge on any atom is -0.325 e. The highest BCUT2D eigenvalue weighted by atomic mass is 15.5. The van der Waals surface area contributed by atoms with Crippen LogP contribution < -0.4 is 5.73 Å². The number of nitrogens with zero attached hydrogens (tertiary/aromatic N) is 2. The molecule has 1 heterocycles. The number of hydrazone groups is 1. The molecule has 0 aliphatic carbocycles. The van der Waals surface area contributed by atoms with Crippen molar-refractivity contribution in [3.05, 3.63) is 35.9 Å². The molecule has 74 valence electrons. The first-order chi connectivity index (χ1) is 6.81. The first-order valence-electron chi connectivity index (χ1n) is 4.85. The smallest absolute Gasteiger partial charge is 0.0769 e. The monoisotopic (exact) mass is 189 g/mol. The van der Waals surface area contributed by atoms with E-state index in [1.165, 1.54) is 5.56 Å². The van der Waals surface area contributed by atoms with Gasteiger partial charge in [-0.1, -0.05) is 30.3 Å². The SMILES string of the molecule is CN1N=C(CN)CC1c1ccccc1. The molecule has 0 spiro atoms. The predicted octanol–water partition coefficient (Wildman–Crippen LogP) is 1.38. The molecule has 1 aromatic rings. The van der Waals surface area contributed by atoms with Gasteiger partial charge in [0.1, 0.15) is 0 Å². The molecule has 1 aliphatic rings. The van der Waals surface area contributed by atoms with Crippen molar-refractivity contribution in [1.29, 1.82) is 0 Å². The van der Waals surface area contributed by atoms with E-state index in [-0.39, 0.29) is 0 Å².